The van der Waals surface area contributed by atoms with Crippen LogP contribution in [-0.2, 0) is 6.42 Å². The van der Waals surface area contributed by atoms with Gasteiger partial charge < -0.3 is 0 Å². The van der Waals surface area contributed by atoms with Crippen LogP contribution in [0.25, 0.3) is 66.7 Å². The van der Waals surface area contributed by atoms with Gasteiger partial charge in [0.25, 0.3) is 0 Å². The van der Waals surface area contributed by atoms with Crippen LogP contribution in [0.4, 0.5) is 0 Å². The van der Waals surface area contributed by atoms with E-state index in [2.05, 4.69) is 161 Å². The standard InChI is InChI=1S/C44H38/c1-6-15-30(4)31(5)16-13-17-32-24-25-33-26-27-35(29-36(33)28-32)43-37(7-2)38(8-3)44(42-22-12-11-21-41(42)43)40-23-14-19-34-18-9-10-20-39(34)40/h6-16,18-29H,2-3,17H2,1,4-5H3. The fourth-order valence-electron chi connectivity index (χ4n) is 6.41. The lowest BCUT2D eigenvalue weighted by Gasteiger charge is -2.21. The zero-order valence-electron chi connectivity index (χ0n) is 25.9. The maximum absolute atomic E-state index is 4.31. The molecular formula is C44H38. The molecular weight excluding hydrogens is 528 g/mol. The molecule has 0 heterocycles. The lowest BCUT2D eigenvalue weighted by Crippen LogP contribution is -1.96. The summed E-state index contributed by atoms with van der Waals surface area (Å²) in [6, 6.07) is 37.6. The molecule has 0 nitrogen and oxygen atoms in total. The molecule has 0 saturated heterocycles. The van der Waals surface area contributed by atoms with Crippen LogP contribution in [-0.4, -0.2) is 0 Å². The summed E-state index contributed by atoms with van der Waals surface area (Å²) in [5, 5.41) is 7.38. The molecule has 0 heteroatoms. The summed E-state index contributed by atoms with van der Waals surface area (Å²) in [7, 11) is 0. The zero-order chi connectivity index (χ0) is 30.6. The third kappa shape index (κ3) is 5.36. The third-order valence-corrected chi connectivity index (χ3v) is 8.72. The molecule has 6 rings (SSSR count). The monoisotopic (exact) mass is 566 g/mol. The molecule has 0 atom stereocenters. The van der Waals surface area contributed by atoms with Crippen LogP contribution < -0.4 is 0 Å². The summed E-state index contributed by atoms with van der Waals surface area (Å²) >= 11 is 0. The molecule has 0 saturated carbocycles. The number of hydrogen-bond donors (Lipinski definition) is 0. The molecule has 0 amide bonds. The molecule has 6 aromatic rings. The molecule has 0 radical (unpaired) electrons. The average molecular weight is 567 g/mol. The molecule has 44 heavy (non-hydrogen) atoms. The lowest BCUT2D eigenvalue weighted by atomic mass is 9.82. The molecule has 214 valence electrons. The highest BCUT2D eigenvalue weighted by atomic mass is 14.2. The lowest BCUT2D eigenvalue weighted by molar-refractivity contribution is 1.26. The first-order valence-electron chi connectivity index (χ1n) is 15.4. The SMILES string of the molecule is C=Cc1c(C=C)c(-c2cccc3ccccc23)c2ccccc2c1-c1ccc2ccc(CC=CC(C)=C(C)C=CC)cc2c1. The van der Waals surface area contributed by atoms with Crippen molar-refractivity contribution in [2.24, 2.45) is 0 Å². The van der Waals surface area contributed by atoms with Gasteiger partial charge in [-0.05, 0) is 116 Å². The average Bonchev–Trinajstić information content (AvgIpc) is 3.06. The van der Waals surface area contributed by atoms with E-state index in [1.807, 2.05) is 12.2 Å². The normalized spacial score (nSPS) is 12.4. The second-order valence-corrected chi connectivity index (χ2v) is 11.4. The first-order valence-corrected chi connectivity index (χ1v) is 15.4. The highest BCUT2D eigenvalue weighted by Crippen LogP contribution is 2.45. The van der Waals surface area contributed by atoms with Crippen molar-refractivity contribution in [2.45, 2.75) is 27.2 Å². The summed E-state index contributed by atoms with van der Waals surface area (Å²) in [6.07, 6.45) is 13.6. The van der Waals surface area contributed by atoms with E-state index in [4.69, 9.17) is 0 Å². The Morgan fingerprint density at radius 1 is 0.591 bits per heavy atom. The second-order valence-electron chi connectivity index (χ2n) is 11.4. The van der Waals surface area contributed by atoms with Crippen LogP contribution in [0.1, 0.15) is 37.5 Å². The van der Waals surface area contributed by atoms with Gasteiger partial charge in [0.15, 0.2) is 0 Å². The van der Waals surface area contributed by atoms with E-state index < -0.39 is 0 Å². The molecule has 0 fully saturated rings. The largest absolute Gasteiger partial charge is 0.0984 e. The maximum atomic E-state index is 4.31. The predicted molar refractivity (Wildman–Crippen MR) is 196 cm³/mol. The van der Waals surface area contributed by atoms with Crippen LogP contribution in [0.5, 0.6) is 0 Å². The van der Waals surface area contributed by atoms with Gasteiger partial charge in [-0.25, -0.2) is 0 Å². The van der Waals surface area contributed by atoms with Gasteiger partial charge in [-0.15, -0.1) is 0 Å². The Kier molecular flexibility index (Phi) is 8.26. The van der Waals surface area contributed by atoms with E-state index in [1.165, 1.54) is 71.3 Å². The molecule has 6 aromatic carbocycles. The van der Waals surface area contributed by atoms with Gasteiger partial charge in [-0.2, -0.15) is 0 Å². The van der Waals surface area contributed by atoms with Crippen molar-refractivity contribution in [3.05, 3.63) is 168 Å². The van der Waals surface area contributed by atoms with Crippen LogP contribution >= 0.6 is 0 Å². The molecule has 0 bridgehead atoms. The Morgan fingerprint density at radius 2 is 1.23 bits per heavy atom. The summed E-state index contributed by atoms with van der Waals surface area (Å²) < 4.78 is 0. The van der Waals surface area contributed by atoms with Crippen molar-refractivity contribution in [2.75, 3.05) is 0 Å². The van der Waals surface area contributed by atoms with E-state index >= 15 is 0 Å². The minimum absolute atomic E-state index is 0.891. The molecule has 0 spiro atoms. The minimum atomic E-state index is 0.891. The Hall–Kier alpha value is -5.20. The number of benzene rings is 6. The smallest absolute Gasteiger partial charge is 0.00204 e. The van der Waals surface area contributed by atoms with Crippen molar-refractivity contribution in [1.29, 1.82) is 0 Å². The Bertz CT molecular complexity index is 2140. The molecule has 0 aliphatic heterocycles. The van der Waals surface area contributed by atoms with Crippen molar-refractivity contribution < 1.29 is 0 Å². The van der Waals surface area contributed by atoms with Crippen molar-refractivity contribution in [3.8, 4) is 22.3 Å². The van der Waals surface area contributed by atoms with Gasteiger partial charge in [-0.1, -0.05) is 147 Å². The maximum Gasteiger partial charge on any atom is -0.00204 e. The fourth-order valence-corrected chi connectivity index (χ4v) is 6.41. The van der Waals surface area contributed by atoms with Gasteiger partial charge in [0.2, 0.25) is 0 Å². The third-order valence-electron chi connectivity index (χ3n) is 8.72. The number of fused-ring (bicyclic) bond motifs is 3. The summed E-state index contributed by atoms with van der Waals surface area (Å²) in [6.45, 7) is 15.0. The topological polar surface area (TPSA) is 0 Å². The van der Waals surface area contributed by atoms with E-state index in [0.717, 1.165) is 17.5 Å². The van der Waals surface area contributed by atoms with Gasteiger partial charge in [0.1, 0.15) is 0 Å². The van der Waals surface area contributed by atoms with Gasteiger partial charge >= 0.3 is 0 Å². The van der Waals surface area contributed by atoms with E-state index in [9.17, 15) is 0 Å². The van der Waals surface area contributed by atoms with Crippen LogP contribution in [0, 0.1) is 0 Å². The highest BCUT2D eigenvalue weighted by Gasteiger charge is 2.20. The summed E-state index contributed by atoms with van der Waals surface area (Å²) in [4.78, 5) is 0. The Balaban J connectivity index is 1.52. The van der Waals surface area contributed by atoms with Crippen LogP contribution in [0.15, 0.2) is 152 Å². The van der Waals surface area contributed by atoms with Gasteiger partial charge in [0, 0.05) is 0 Å². The predicted octanol–water partition coefficient (Wildman–Crippen LogP) is 12.8. The highest BCUT2D eigenvalue weighted by molar-refractivity contribution is 6.15. The Labute approximate surface area is 261 Å². The molecule has 0 N–H and O–H groups in total. The number of allylic oxidation sites excluding steroid dienone is 6. The first-order chi connectivity index (χ1) is 21.5. The van der Waals surface area contributed by atoms with E-state index in [0.29, 0.717) is 0 Å². The summed E-state index contributed by atoms with van der Waals surface area (Å²) in [5.74, 6) is 0. The quantitative estimate of drug-likeness (QED) is 0.161. The van der Waals surface area contributed by atoms with Crippen molar-refractivity contribution in [3.63, 3.8) is 0 Å². The Morgan fingerprint density at radius 3 is 1.98 bits per heavy atom. The van der Waals surface area contributed by atoms with Crippen LogP contribution in [0.3, 0.4) is 0 Å². The van der Waals surface area contributed by atoms with Crippen molar-refractivity contribution >= 4 is 44.5 Å². The number of hydrogen-bond acceptors (Lipinski definition) is 0. The fraction of sp³-hybridized carbons (Fsp3) is 0.0909. The molecule has 0 aliphatic carbocycles. The zero-order valence-corrected chi connectivity index (χ0v) is 25.9. The molecule has 0 aliphatic rings. The van der Waals surface area contributed by atoms with E-state index in [1.54, 1.807) is 0 Å². The number of rotatable bonds is 8. The van der Waals surface area contributed by atoms with E-state index in [-0.39, 0.29) is 0 Å². The minimum Gasteiger partial charge on any atom is -0.0984 e. The summed E-state index contributed by atoms with van der Waals surface area (Å²) in [5.41, 5.74) is 10.9. The molecule has 0 unspecified atom stereocenters. The van der Waals surface area contributed by atoms with Gasteiger partial charge in [-0.3, -0.25) is 0 Å². The van der Waals surface area contributed by atoms with Crippen LogP contribution in [0.2, 0.25) is 0 Å². The van der Waals surface area contributed by atoms with Crippen molar-refractivity contribution in [1.82, 2.24) is 0 Å². The second kappa shape index (κ2) is 12.6. The molecule has 0 aromatic heterocycles. The van der Waals surface area contributed by atoms with Gasteiger partial charge in [0.05, 0.1) is 0 Å². The first kappa shape index (κ1) is 28.9.